The Balaban J connectivity index is 2.56. The molecule has 0 amide bonds. The number of ether oxygens (including phenoxy) is 1. The van der Waals surface area contributed by atoms with Gasteiger partial charge in [0.05, 0.1) is 6.61 Å². The molecule has 1 saturated heterocycles. The fraction of sp³-hybridized carbons (Fsp3) is 0.455. The molecule has 9 nitrogen and oxygen atoms in total. The van der Waals surface area contributed by atoms with Crippen LogP contribution < -0.4 is 11.4 Å². The van der Waals surface area contributed by atoms with E-state index in [1.54, 1.807) is 0 Å². The summed E-state index contributed by atoms with van der Waals surface area (Å²) >= 11 is 0. The number of aromatic nitrogens is 3. The van der Waals surface area contributed by atoms with Crippen LogP contribution in [0.4, 0.5) is 14.7 Å². The van der Waals surface area contributed by atoms with Crippen molar-refractivity contribution in [3.63, 3.8) is 0 Å². The van der Waals surface area contributed by atoms with Crippen molar-refractivity contribution in [2.24, 2.45) is 0 Å². The quantitative estimate of drug-likeness (QED) is 0.475. The van der Waals surface area contributed by atoms with Gasteiger partial charge in [-0.2, -0.15) is 13.8 Å². The monoisotopic (exact) mass is 318 g/mol. The fourth-order valence-corrected chi connectivity index (χ4v) is 2.07. The summed E-state index contributed by atoms with van der Waals surface area (Å²) in [7, 11) is 0. The normalized spacial score (nSPS) is 30.9. The van der Waals surface area contributed by atoms with Crippen LogP contribution in [0, 0.1) is 0 Å². The number of rotatable bonds is 3. The molecular weight excluding hydrogens is 306 g/mol. The number of aliphatic hydroxyl groups excluding tert-OH is 2. The van der Waals surface area contributed by atoms with Crippen molar-refractivity contribution in [1.82, 2.24) is 14.5 Å². The Morgan fingerprint density at radius 1 is 1.64 bits per heavy atom. The molecule has 0 aromatic carbocycles. The maximum Gasteiger partial charge on any atom is 0.354 e. The third kappa shape index (κ3) is 2.75. The average Bonchev–Trinajstić information content (AvgIpc) is 2.70. The van der Waals surface area contributed by atoms with Crippen LogP contribution in [-0.4, -0.2) is 54.3 Å². The maximum absolute atomic E-state index is 12.2. The number of anilines is 1. The van der Waals surface area contributed by atoms with Gasteiger partial charge in [-0.3, -0.25) is 4.57 Å². The van der Waals surface area contributed by atoms with E-state index in [9.17, 15) is 23.8 Å². The number of aliphatic hydroxyl groups is 3. The van der Waals surface area contributed by atoms with E-state index in [0.29, 0.717) is 10.6 Å². The SMILES string of the molecule is Nc1ncn([C@@H]2O[C@H](CO)[C@@H](O)[C@]2(O)C=C=C(F)F)c(=O)n1. The van der Waals surface area contributed by atoms with Crippen molar-refractivity contribution in [3.8, 4) is 0 Å². The van der Waals surface area contributed by atoms with Crippen molar-refractivity contribution in [1.29, 1.82) is 0 Å². The second kappa shape index (κ2) is 5.91. The Morgan fingerprint density at radius 3 is 2.86 bits per heavy atom. The summed E-state index contributed by atoms with van der Waals surface area (Å²) in [6, 6.07) is 0. The van der Waals surface area contributed by atoms with Crippen LogP contribution in [0.2, 0.25) is 0 Å². The highest BCUT2D eigenvalue weighted by molar-refractivity contribution is 5.15. The smallest absolute Gasteiger partial charge is 0.354 e. The largest absolute Gasteiger partial charge is 0.394 e. The highest BCUT2D eigenvalue weighted by atomic mass is 19.3. The van der Waals surface area contributed by atoms with Gasteiger partial charge in [-0.05, 0) is 0 Å². The predicted octanol–water partition coefficient (Wildman–Crippen LogP) is -1.86. The van der Waals surface area contributed by atoms with Gasteiger partial charge in [0.2, 0.25) is 5.95 Å². The summed E-state index contributed by atoms with van der Waals surface area (Å²) < 4.78 is 30.2. The van der Waals surface area contributed by atoms with E-state index in [0.717, 1.165) is 6.33 Å². The fourth-order valence-electron chi connectivity index (χ4n) is 2.07. The Kier molecular flexibility index (Phi) is 4.35. The number of hydrogen-bond acceptors (Lipinski definition) is 8. The van der Waals surface area contributed by atoms with Gasteiger partial charge in [-0.15, -0.1) is 0 Å². The summed E-state index contributed by atoms with van der Waals surface area (Å²) in [6.07, 6.45) is -5.70. The first kappa shape index (κ1) is 16.2. The predicted molar refractivity (Wildman–Crippen MR) is 66.5 cm³/mol. The van der Waals surface area contributed by atoms with Gasteiger partial charge >= 0.3 is 11.8 Å². The number of nitrogens with two attached hydrogens (primary N) is 1. The molecule has 0 unspecified atom stereocenters. The molecule has 1 fully saturated rings. The Labute approximate surface area is 121 Å². The van der Waals surface area contributed by atoms with Gasteiger partial charge in [0, 0.05) is 6.08 Å². The third-order valence-electron chi connectivity index (χ3n) is 3.12. The molecule has 1 aromatic heterocycles. The first-order valence-electron chi connectivity index (χ1n) is 5.96. The summed E-state index contributed by atoms with van der Waals surface area (Å²) in [5.41, 5.74) is 3.22. The third-order valence-corrected chi connectivity index (χ3v) is 3.12. The topological polar surface area (TPSA) is 144 Å². The van der Waals surface area contributed by atoms with E-state index in [4.69, 9.17) is 15.6 Å². The van der Waals surface area contributed by atoms with Crippen LogP contribution in [0.5, 0.6) is 0 Å². The second-order valence-corrected chi connectivity index (χ2v) is 4.50. The highest BCUT2D eigenvalue weighted by Gasteiger charge is 2.55. The van der Waals surface area contributed by atoms with Gasteiger partial charge < -0.3 is 25.8 Å². The Morgan fingerprint density at radius 2 is 2.32 bits per heavy atom. The van der Waals surface area contributed by atoms with Crippen LogP contribution in [0.25, 0.3) is 0 Å². The van der Waals surface area contributed by atoms with E-state index >= 15 is 0 Å². The molecule has 5 N–H and O–H groups in total. The summed E-state index contributed by atoms with van der Waals surface area (Å²) in [5.74, 6) is -0.340. The van der Waals surface area contributed by atoms with E-state index in [1.165, 1.54) is 5.73 Å². The summed E-state index contributed by atoms with van der Waals surface area (Å²) in [5, 5.41) is 29.5. The summed E-state index contributed by atoms with van der Waals surface area (Å²) in [6.45, 7) is -0.722. The van der Waals surface area contributed by atoms with Crippen LogP contribution in [0.1, 0.15) is 6.23 Å². The molecule has 0 saturated carbocycles. The lowest BCUT2D eigenvalue weighted by molar-refractivity contribution is -0.0819. The molecule has 2 heterocycles. The first-order valence-corrected chi connectivity index (χ1v) is 5.96. The number of nitrogens with zero attached hydrogens (tertiary/aromatic N) is 3. The highest BCUT2D eigenvalue weighted by Crippen LogP contribution is 2.38. The number of halogens is 2. The van der Waals surface area contributed by atoms with Gasteiger partial charge in [-0.25, -0.2) is 9.78 Å². The van der Waals surface area contributed by atoms with E-state index in [-0.39, 0.29) is 5.95 Å². The van der Waals surface area contributed by atoms with Crippen molar-refractivity contribution in [2.45, 2.75) is 24.0 Å². The molecule has 0 spiro atoms. The number of nitrogen functional groups attached to an aromatic ring is 1. The Bertz CT molecular complexity index is 685. The van der Waals surface area contributed by atoms with E-state index in [2.05, 4.69) is 9.97 Å². The zero-order valence-electron chi connectivity index (χ0n) is 10.9. The molecule has 2 rings (SSSR count). The molecule has 0 bridgehead atoms. The molecule has 4 atom stereocenters. The first-order chi connectivity index (χ1) is 10.3. The molecule has 0 radical (unpaired) electrons. The van der Waals surface area contributed by atoms with E-state index < -0.39 is 42.4 Å². The molecule has 1 aliphatic heterocycles. The van der Waals surface area contributed by atoms with Gasteiger partial charge in [0.25, 0.3) is 0 Å². The second-order valence-electron chi connectivity index (χ2n) is 4.50. The molecule has 1 aliphatic rings. The molecule has 120 valence electrons. The van der Waals surface area contributed by atoms with Gasteiger partial charge in [0.15, 0.2) is 11.8 Å². The lowest BCUT2D eigenvalue weighted by Crippen LogP contribution is -2.47. The molecule has 22 heavy (non-hydrogen) atoms. The van der Waals surface area contributed by atoms with Crippen LogP contribution in [0.3, 0.4) is 0 Å². The van der Waals surface area contributed by atoms with Crippen molar-refractivity contribution in [3.05, 3.63) is 34.7 Å². The maximum atomic E-state index is 12.2. The minimum absolute atomic E-state index is 0.340. The molecule has 1 aromatic rings. The van der Waals surface area contributed by atoms with Gasteiger partial charge in [0.1, 0.15) is 18.5 Å². The lowest BCUT2D eigenvalue weighted by Gasteiger charge is -2.27. The standard InChI is InChI=1S/C11H12F2N4O5/c12-6(13)1-2-11(21)7(19)5(3-18)22-8(11)17-4-15-9(14)16-10(17)20/h2,4-5,7-8,18-19,21H,3H2,(H2,14,16,20)/t5-,7-,8-,11-/m1/s1. The summed E-state index contributed by atoms with van der Waals surface area (Å²) in [4.78, 5) is 18.6. The van der Waals surface area contributed by atoms with E-state index in [1.807, 2.05) is 0 Å². The average molecular weight is 318 g/mol. The van der Waals surface area contributed by atoms with Crippen molar-refractivity contribution in [2.75, 3.05) is 12.3 Å². The van der Waals surface area contributed by atoms with Crippen molar-refractivity contribution < 1.29 is 28.8 Å². The van der Waals surface area contributed by atoms with Crippen LogP contribution in [-0.2, 0) is 4.74 Å². The minimum atomic E-state index is -2.46. The number of hydrogen-bond donors (Lipinski definition) is 4. The molecule has 0 aliphatic carbocycles. The van der Waals surface area contributed by atoms with Gasteiger partial charge in [-0.1, -0.05) is 5.73 Å². The zero-order chi connectivity index (χ0) is 16.5. The van der Waals surface area contributed by atoms with Crippen LogP contribution in [0.15, 0.2) is 29.0 Å². The lowest BCUT2D eigenvalue weighted by atomic mass is 9.94. The zero-order valence-corrected chi connectivity index (χ0v) is 10.9. The van der Waals surface area contributed by atoms with Crippen molar-refractivity contribution >= 4 is 5.95 Å². The minimum Gasteiger partial charge on any atom is -0.394 e. The van der Waals surface area contributed by atoms with Crippen LogP contribution >= 0.6 is 0 Å². The Hall–Kier alpha value is -2.17. The molecule has 11 heteroatoms. The molecular formula is C11H12F2N4O5.